The quantitative estimate of drug-likeness (QED) is 0.204. The highest BCUT2D eigenvalue weighted by Crippen LogP contribution is 2.39. The summed E-state index contributed by atoms with van der Waals surface area (Å²) in [6, 6.07) is 15.6. The summed E-state index contributed by atoms with van der Waals surface area (Å²) < 4.78 is 20.7. The number of carbonyl (C=O) groups excluding carboxylic acids is 2. The second-order valence-electron chi connectivity index (χ2n) is 14.0. The molecule has 0 heterocycles. The Morgan fingerprint density at radius 1 is 0.619 bits per heavy atom. The minimum absolute atomic E-state index is 0.0860. The Labute approximate surface area is 252 Å². The van der Waals surface area contributed by atoms with E-state index in [1.54, 1.807) is 0 Å². The fourth-order valence-electron chi connectivity index (χ4n) is 5.44. The monoisotopic (exact) mass is 578 g/mol. The van der Waals surface area contributed by atoms with Crippen LogP contribution in [0, 0.1) is 0 Å². The van der Waals surface area contributed by atoms with Crippen molar-refractivity contribution in [3.63, 3.8) is 0 Å². The molecule has 1 unspecified atom stereocenters. The van der Waals surface area contributed by atoms with Gasteiger partial charge in [0.2, 0.25) is 0 Å². The SMILES string of the molecule is CC(C)(C)OC(=O)Oc1ccc(C2(C)C=CCCC2)cc1.CC(C)(C)OC(=O)Oc1ccc(C2(C)CCCCC2)cc1. The van der Waals surface area contributed by atoms with Crippen LogP contribution in [0.15, 0.2) is 60.7 Å². The molecule has 0 bridgehead atoms. The van der Waals surface area contributed by atoms with Gasteiger partial charge in [-0.2, -0.15) is 0 Å². The molecule has 4 rings (SSSR count). The van der Waals surface area contributed by atoms with E-state index in [1.807, 2.05) is 77.9 Å². The van der Waals surface area contributed by atoms with Gasteiger partial charge in [-0.05, 0) is 114 Å². The molecule has 0 saturated heterocycles. The lowest BCUT2D eigenvalue weighted by Gasteiger charge is -2.34. The average molecular weight is 579 g/mol. The van der Waals surface area contributed by atoms with E-state index in [9.17, 15) is 9.59 Å². The second kappa shape index (κ2) is 13.8. The van der Waals surface area contributed by atoms with Gasteiger partial charge in [-0.3, -0.25) is 0 Å². The molecule has 2 aromatic rings. The zero-order chi connectivity index (χ0) is 31.0. The molecule has 2 aromatic carbocycles. The van der Waals surface area contributed by atoms with Gasteiger partial charge in [0.15, 0.2) is 0 Å². The van der Waals surface area contributed by atoms with Crippen LogP contribution in [0.1, 0.15) is 118 Å². The van der Waals surface area contributed by atoms with Crippen LogP contribution < -0.4 is 9.47 Å². The molecule has 0 aliphatic heterocycles. The normalized spacial score (nSPS) is 20.0. The first-order valence-corrected chi connectivity index (χ1v) is 15.3. The smallest absolute Gasteiger partial charge is 0.428 e. The Bertz CT molecular complexity index is 1190. The summed E-state index contributed by atoms with van der Waals surface area (Å²) in [6.45, 7) is 15.5. The Kier molecular flexibility index (Phi) is 10.9. The number of ether oxygens (including phenoxy) is 4. The minimum Gasteiger partial charge on any atom is -0.428 e. The predicted molar refractivity (Wildman–Crippen MR) is 167 cm³/mol. The Balaban J connectivity index is 0.000000230. The van der Waals surface area contributed by atoms with Crippen LogP contribution in [0.3, 0.4) is 0 Å². The summed E-state index contributed by atoms with van der Waals surface area (Å²) >= 11 is 0. The van der Waals surface area contributed by atoms with Crippen LogP contribution in [0.25, 0.3) is 0 Å². The van der Waals surface area contributed by atoms with Crippen molar-refractivity contribution in [2.24, 2.45) is 0 Å². The maximum atomic E-state index is 11.6. The Morgan fingerprint density at radius 2 is 1.07 bits per heavy atom. The average Bonchev–Trinajstić information content (AvgIpc) is 2.88. The highest BCUT2D eigenvalue weighted by atomic mass is 16.7. The van der Waals surface area contributed by atoms with E-state index in [0.29, 0.717) is 11.5 Å². The zero-order valence-corrected chi connectivity index (χ0v) is 26.9. The third kappa shape index (κ3) is 10.5. The molecule has 1 atom stereocenters. The standard InChI is InChI=1S/C18H26O3.C18H24O3/c2*1-17(2,3)21-16(19)20-15-10-8-14(9-11-15)18(4)12-6-5-7-13-18/h8-11H,5-7,12-13H2,1-4H3;6,8-12H,5,7,13H2,1-4H3. The number of rotatable bonds is 4. The van der Waals surface area contributed by atoms with Gasteiger partial charge in [-0.15, -0.1) is 0 Å². The third-order valence-electron chi connectivity index (χ3n) is 7.76. The second-order valence-corrected chi connectivity index (χ2v) is 14.0. The van der Waals surface area contributed by atoms with Crippen molar-refractivity contribution in [3.05, 3.63) is 71.8 Å². The van der Waals surface area contributed by atoms with E-state index in [0.717, 1.165) is 12.8 Å². The molecule has 0 N–H and O–H groups in total. The van der Waals surface area contributed by atoms with Gasteiger partial charge in [0, 0.05) is 5.41 Å². The first kappa shape index (κ1) is 33.2. The van der Waals surface area contributed by atoms with E-state index in [-0.39, 0.29) is 10.8 Å². The third-order valence-corrected chi connectivity index (χ3v) is 7.76. The summed E-state index contributed by atoms with van der Waals surface area (Å²) in [5.74, 6) is 1.05. The van der Waals surface area contributed by atoms with E-state index < -0.39 is 23.5 Å². The Morgan fingerprint density at radius 3 is 1.48 bits per heavy atom. The number of benzene rings is 2. The summed E-state index contributed by atoms with van der Waals surface area (Å²) in [5.41, 5.74) is 1.85. The van der Waals surface area contributed by atoms with Gasteiger partial charge >= 0.3 is 12.3 Å². The first-order valence-electron chi connectivity index (χ1n) is 15.3. The van der Waals surface area contributed by atoms with Gasteiger partial charge in [0.05, 0.1) is 0 Å². The van der Waals surface area contributed by atoms with Crippen LogP contribution >= 0.6 is 0 Å². The lowest BCUT2D eigenvalue weighted by molar-refractivity contribution is 0.0193. The van der Waals surface area contributed by atoms with Crippen LogP contribution in [0.4, 0.5) is 9.59 Å². The molecule has 0 amide bonds. The van der Waals surface area contributed by atoms with Crippen LogP contribution in [-0.4, -0.2) is 23.5 Å². The summed E-state index contributed by atoms with van der Waals surface area (Å²) in [6.07, 6.45) is 13.1. The van der Waals surface area contributed by atoms with Gasteiger partial charge in [-0.25, -0.2) is 9.59 Å². The molecule has 1 fully saturated rings. The topological polar surface area (TPSA) is 71.1 Å². The number of carbonyl (C=O) groups is 2. The summed E-state index contributed by atoms with van der Waals surface area (Å²) in [4.78, 5) is 23.3. The minimum atomic E-state index is -0.668. The molecule has 1 saturated carbocycles. The number of allylic oxidation sites excluding steroid dienone is 2. The molecule has 230 valence electrons. The highest BCUT2D eigenvalue weighted by molar-refractivity contribution is 5.65. The molecule has 6 heteroatoms. The highest BCUT2D eigenvalue weighted by Gasteiger charge is 2.29. The fraction of sp³-hybridized carbons (Fsp3) is 0.556. The molecular weight excluding hydrogens is 528 g/mol. The van der Waals surface area contributed by atoms with Gasteiger partial charge < -0.3 is 18.9 Å². The van der Waals surface area contributed by atoms with E-state index in [4.69, 9.17) is 18.9 Å². The molecule has 0 aromatic heterocycles. The maximum Gasteiger partial charge on any atom is 0.514 e. The fourth-order valence-corrected chi connectivity index (χ4v) is 5.44. The predicted octanol–water partition coefficient (Wildman–Crippen LogP) is 10.2. The van der Waals surface area contributed by atoms with Crippen molar-refractivity contribution in [2.45, 2.75) is 129 Å². The van der Waals surface area contributed by atoms with Crippen molar-refractivity contribution in [3.8, 4) is 11.5 Å². The molecule has 2 aliphatic rings. The van der Waals surface area contributed by atoms with Gasteiger partial charge in [-0.1, -0.05) is 69.5 Å². The maximum absolute atomic E-state index is 11.6. The lowest BCUT2D eigenvalue weighted by Crippen LogP contribution is -2.26. The summed E-state index contributed by atoms with van der Waals surface area (Å²) in [5, 5.41) is 0. The van der Waals surface area contributed by atoms with Gasteiger partial charge in [0.25, 0.3) is 0 Å². The van der Waals surface area contributed by atoms with E-state index >= 15 is 0 Å². The van der Waals surface area contributed by atoms with Gasteiger partial charge in [0.1, 0.15) is 22.7 Å². The molecule has 0 spiro atoms. The van der Waals surface area contributed by atoms with E-state index in [2.05, 4.69) is 38.1 Å². The molecule has 2 aliphatic carbocycles. The lowest BCUT2D eigenvalue weighted by atomic mass is 9.71. The molecular formula is C36H50O6. The van der Waals surface area contributed by atoms with Crippen LogP contribution in [0.5, 0.6) is 11.5 Å². The molecule has 6 nitrogen and oxygen atoms in total. The van der Waals surface area contributed by atoms with Crippen molar-refractivity contribution in [1.82, 2.24) is 0 Å². The number of hydrogen-bond acceptors (Lipinski definition) is 6. The largest absolute Gasteiger partial charge is 0.514 e. The van der Waals surface area contributed by atoms with Crippen molar-refractivity contribution < 1.29 is 28.5 Å². The van der Waals surface area contributed by atoms with Crippen molar-refractivity contribution in [2.75, 3.05) is 0 Å². The van der Waals surface area contributed by atoms with Crippen molar-refractivity contribution >= 4 is 12.3 Å². The molecule has 0 radical (unpaired) electrons. The van der Waals surface area contributed by atoms with Crippen LogP contribution in [-0.2, 0) is 20.3 Å². The molecule has 42 heavy (non-hydrogen) atoms. The number of hydrogen-bond donors (Lipinski definition) is 0. The van der Waals surface area contributed by atoms with Crippen molar-refractivity contribution in [1.29, 1.82) is 0 Å². The summed E-state index contributed by atoms with van der Waals surface area (Å²) in [7, 11) is 0. The zero-order valence-electron chi connectivity index (χ0n) is 26.9. The Hall–Kier alpha value is -3.28. The van der Waals surface area contributed by atoms with E-state index in [1.165, 1.54) is 49.7 Å². The first-order chi connectivity index (χ1) is 19.6. The van der Waals surface area contributed by atoms with Crippen LogP contribution in [0.2, 0.25) is 0 Å².